The van der Waals surface area contributed by atoms with Crippen LogP contribution in [0.2, 0.25) is 0 Å². The molecule has 3 aliphatic rings. The quantitative estimate of drug-likeness (QED) is 0.355. The number of rotatable bonds is 7. The lowest BCUT2D eigenvalue weighted by Gasteiger charge is -2.39. The minimum Gasteiger partial charge on any atom is -0.424 e. The van der Waals surface area contributed by atoms with Crippen LogP contribution in [0.5, 0.6) is 5.75 Å². The Hall–Kier alpha value is -3.74. The van der Waals surface area contributed by atoms with Gasteiger partial charge in [-0.3, -0.25) is 0 Å². The van der Waals surface area contributed by atoms with E-state index in [1.807, 2.05) is 12.1 Å². The van der Waals surface area contributed by atoms with Gasteiger partial charge in [0, 0.05) is 36.1 Å². The second-order valence-corrected chi connectivity index (χ2v) is 11.0. The van der Waals surface area contributed by atoms with Crippen LogP contribution >= 0.6 is 0 Å². The van der Waals surface area contributed by atoms with Gasteiger partial charge in [0.25, 0.3) is 6.01 Å². The molecule has 0 radical (unpaired) electrons. The number of hydrogen-bond acceptors (Lipinski definition) is 7. The zero-order valence-corrected chi connectivity index (χ0v) is 21.4. The standard InChI is InChI=1S/C29H30F3N5O2/c30-29(31,32)39-24-7-5-19(6-8-24)27-16-35-28(38-27)36-25-4-2-1-3-20(25)13-21-11-18-12-26(21)37(17-18)23-9-10-34-22(14-23)15-33/h5-10,14,16,18,20-21,25-26H,1-4,11-13,17H2,(H,35,36)/t18-,20+,21-,25-,26-/m1/s1. The van der Waals surface area contributed by atoms with Crippen molar-refractivity contribution in [3.63, 3.8) is 0 Å². The Balaban J connectivity index is 1.10. The van der Waals surface area contributed by atoms with Crippen molar-refractivity contribution in [2.75, 3.05) is 16.8 Å². The fraction of sp³-hybridized carbons (Fsp3) is 0.483. The Morgan fingerprint density at radius 1 is 1.08 bits per heavy atom. The van der Waals surface area contributed by atoms with Crippen LogP contribution in [0.1, 0.15) is 50.6 Å². The van der Waals surface area contributed by atoms with Crippen LogP contribution in [-0.2, 0) is 0 Å². The number of pyridine rings is 1. The van der Waals surface area contributed by atoms with Crippen molar-refractivity contribution >= 4 is 11.7 Å². The van der Waals surface area contributed by atoms with Gasteiger partial charge < -0.3 is 19.4 Å². The number of aromatic nitrogens is 2. The van der Waals surface area contributed by atoms with E-state index in [1.54, 1.807) is 12.4 Å². The summed E-state index contributed by atoms with van der Waals surface area (Å²) in [6, 6.07) is 12.8. The van der Waals surface area contributed by atoms with E-state index in [9.17, 15) is 18.4 Å². The number of halogens is 3. The van der Waals surface area contributed by atoms with Crippen LogP contribution < -0.4 is 15.0 Å². The number of nitriles is 1. The second kappa shape index (κ2) is 10.4. The number of nitrogens with zero attached hydrogens (tertiary/aromatic N) is 4. The maximum Gasteiger partial charge on any atom is 0.573 e. The summed E-state index contributed by atoms with van der Waals surface area (Å²) in [6.07, 6.45) is 6.76. The van der Waals surface area contributed by atoms with Gasteiger partial charge in [-0.05, 0) is 86.3 Å². The van der Waals surface area contributed by atoms with Gasteiger partial charge in [0.15, 0.2) is 5.76 Å². The van der Waals surface area contributed by atoms with Crippen LogP contribution in [0, 0.1) is 29.1 Å². The third-order valence-electron chi connectivity index (χ3n) is 8.50. The average molecular weight is 538 g/mol. The van der Waals surface area contributed by atoms with Crippen LogP contribution in [0.4, 0.5) is 24.9 Å². The number of piperidine rings is 1. The van der Waals surface area contributed by atoms with E-state index >= 15 is 0 Å². The van der Waals surface area contributed by atoms with Gasteiger partial charge in [-0.15, -0.1) is 13.2 Å². The summed E-state index contributed by atoms with van der Waals surface area (Å²) in [5.41, 5.74) is 2.18. The van der Waals surface area contributed by atoms with Gasteiger partial charge in [-0.2, -0.15) is 5.26 Å². The van der Waals surface area contributed by atoms with E-state index in [0.717, 1.165) is 37.9 Å². The summed E-state index contributed by atoms with van der Waals surface area (Å²) < 4.78 is 47.2. The monoisotopic (exact) mass is 537 g/mol. The molecule has 2 bridgehead atoms. The largest absolute Gasteiger partial charge is 0.573 e. The predicted octanol–water partition coefficient (Wildman–Crippen LogP) is 6.78. The fourth-order valence-corrected chi connectivity index (χ4v) is 6.89. The zero-order valence-electron chi connectivity index (χ0n) is 21.4. The fourth-order valence-electron chi connectivity index (χ4n) is 6.89. The molecule has 0 unspecified atom stereocenters. The number of anilines is 2. The number of ether oxygens (including phenoxy) is 1. The van der Waals surface area contributed by atoms with Crippen molar-refractivity contribution in [2.45, 2.75) is 63.4 Å². The lowest BCUT2D eigenvalue weighted by Crippen LogP contribution is -2.41. The minimum absolute atomic E-state index is 0.256. The first-order valence-corrected chi connectivity index (χ1v) is 13.6. The Morgan fingerprint density at radius 3 is 2.67 bits per heavy atom. The van der Waals surface area contributed by atoms with Crippen molar-refractivity contribution < 1.29 is 22.3 Å². The molecular weight excluding hydrogens is 507 g/mol. The summed E-state index contributed by atoms with van der Waals surface area (Å²) in [5, 5.41) is 12.8. The summed E-state index contributed by atoms with van der Waals surface area (Å²) in [4.78, 5) is 11.0. The Labute approximate surface area is 225 Å². The summed E-state index contributed by atoms with van der Waals surface area (Å²) in [6.45, 7) is 1.05. The highest BCUT2D eigenvalue weighted by atomic mass is 19.4. The molecule has 6 rings (SSSR count). The molecule has 3 fully saturated rings. The molecule has 1 N–H and O–H groups in total. The van der Waals surface area contributed by atoms with E-state index < -0.39 is 6.36 Å². The Morgan fingerprint density at radius 2 is 1.90 bits per heavy atom. The Kier molecular flexibility index (Phi) is 6.83. The number of oxazole rings is 1. The predicted molar refractivity (Wildman–Crippen MR) is 139 cm³/mol. The highest BCUT2D eigenvalue weighted by Crippen LogP contribution is 2.48. The number of nitrogens with one attached hydrogen (secondary N) is 1. The molecule has 2 saturated carbocycles. The lowest BCUT2D eigenvalue weighted by atomic mass is 9.77. The molecule has 2 aliphatic carbocycles. The molecule has 1 aliphatic heterocycles. The minimum atomic E-state index is -4.72. The van der Waals surface area contributed by atoms with Crippen molar-refractivity contribution in [3.8, 4) is 23.1 Å². The molecule has 39 heavy (non-hydrogen) atoms. The molecule has 0 spiro atoms. The van der Waals surface area contributed by atoms with Gasteiger partial charge in [0.05, 0.1) is 6.20 Å². The van der Waals surface area contributed by atoms with Gasteiger partial charge in [0.1, 0.15) is 17.5 Å². The number of fused-ring (bicyclic) bond motifs is 2. The van der Waals surface area contributed by atoms with E-state index in [4.69, 9.17) is 4.42 Å². The average Bonchev–Trinajstić information content (AvgIpc) is 3.66. The molecular formula is C29H30F3N5O2. The van der Waals surface area contributed by atoms with Crippen molar-refractivity contribution in [3.05, 3.63) is 54.5 Å². The van der Waals surface area contributed by atoms with Crippen LogP contribution in [0.25, 0.3) is 11.3 Å². The van der Waals surface area contributed by atoms with Gasteiger partial charge in [-0.25, -0.2) is 9.97 Å². The number of hydrogen-bond donors (Lipinski definition) is 1. The third-order valence-corrected chi connectivity index (χ3v) is 8.50. The molecule has 1 aromatic carbocycles. The first kappa shape index (κ1) is 25.5. The molecule has 10 heteroatoms. The molecule has 3 heterocycles. The summed E-state index contributed by atoms with van der Waals surface area (Å²) in [5.74, 6) is 2.01. The van der Waals surface area contributed by atoms with E-state index in [1.165, 1.54) is 43.5 Å². The van der Waals surface area contributed by atoms with Crippen LogP contribution in [0.15, 0.2) is 53.2 Å². The zero-order chi connectivity index (χ0) is 27.0. The Bertz CT molecular complexity index is 1340. The summed E-state index contributed by atoms with van der Waals surface area (Å²) >= 11 is 0. The highest BCUT2D eigenvalue weighted by molar-refractivity contribution is 5.58. The smallest absolute Gasteiger partial charge is 0.424 e. The van der Waals surface area contributed by atoms with Crippen molar-refractivity contribution in [1.82, 2.24) is 9.97 Å². The molecule has 1 saturated heterocycles. The lowest BCUT2D eigenvalue weighted by molar-refractivity contribution is -0.274. The number of benzene rings is 1. The third kappa shape index (κ3) is 5.68. The topological polar surface area (TPSA) is 87.2 Å². The maximum atomic E-state index is 12.4. The van der Waals surface area contributed by atoms with Crippen LogP contribution in [-0.4, -0.2) is 35.0 Å². The van der Waals surface area contributed by atoms with Gasteiger partial charge in [0.2, 0.25) is 0 Å². The van der Waals surface area contributed by atoms with Crippen molar-refractivity contribution in [2.24, 2.45) is 17.8 Å². The number of alkyl halides is 3. The normalized spacial score (nSPS) is 26.4. The molecule has 2 aromatic heterocycles. The SMILES string of the molecule is N#Cc1cc(N2C[C@@H]3C[C@H](C[C@@H]4CCCC[C@H]4Nc4ncc(-c5ccc(OC(F)(F)F)cc5)o4)[C@H]2C3)ccn1. The molecule has 0 amide bonds. The van der Waals surface area contributed by atoms with E-state index in [0.29, 0.717) is 46.8 Å². The van der Waals surface area contributed by atoms with Crippen molar-refractivity contribution in [1.29, 1.82) is 5.26 Å². The molecule has 3 aromatic rings. The molecule has 204 valence electrons. The molecule has 7 nitrogen and oxygen atoms in total. The van der Waals surface area contributed by atoms with Crippen LogP contribution in [0.3, 0.4) is 0 Å². The first-order chi connectivity index (χ1) is 18.8. The molecule has 5 atom stereocenters. The van der Waals surface area contributed by atoms with E-state index in [-0.39, 0.29) is 11.8 Å². The second-order valence-electron chi connectivity index (χ2n) is 11.0. The highest BCUT2D eigenvalue weighted by Gasteiger charge is 2.46. The maximum absolute atomic E-state index is 12.4. The van der Waals surface area contributed by atoms with Gasteiger partial charge in [-0.1, -0.05) is 12.8 Å². The first-order valence-electron chi connectivity index (χ1n) is 13.6. The van der Waals surface area contributed by atoms with Gasteiger partial charge >= 0.3 is 6.36 Å². The summed E-state index contributed by atoms with van der Waals surface area (Å²) in [7, 11) is 0. The van der Waals surface area contributed by atoms with E-state index in [2.05, 4.69) is 31.0 Å².